The van der Waals surface area contributed by atoms with Crippen LogP contribution in [0.25, 0.3) is 0 Å². The summed E-state index contributed by atoms with van der Waals surface area (Å²) in [6, 6.07) is -1.81. The molecule has 2 atom stereocenters. The van der Waals surface area contributed by atoms with E-state index in [2.05, 4.69) is 5.32 Å². The Hall–Kier alpha value is -1.83. The van der Waals surface area contributed by atoms with Gasteiger partial charge in [0, 0.05) is 19.7 Å². The molecule has 1 rings (SSSR count). The van der Waals surface area contributed by atoms with Crippen LogP contribution < -0.4 is 11.1 Å². The molecular formula is C12H21N3O5. The summed E-state index contributed by atoms with van der Waals surface area (Å²) in [5.41, 5.74) is 4.96. The highest BCUT2D eigenvalue weighted by molar-refractivity contribution is 5.87. The minimum absolute atomic E-state index is 0.0288. The molecule has 0 spiro atoms. The van der Waals surface area contributed by atoms with E-state index >= 15 is 0 Å². The first kappa shape index (κ1) is 16.2. The second-order valence-corrected chi connectivity index (χ2v) is 4.68. The number of ether oxygens (including phenoxy) is 1. The van der Waals surface area contributed by atoms with Gasteiger partial charge in [-0.1, -0.05) is 0 Å². The van der Waals surface area contributed by atoms with Gasteiger partial charge in [-0.15, -0.1) is 0 Å². The minimum Gasteiger partial charge on any atom is -0.480 e. The second-order valence-electron chi connectivity index (χ2n) is 4.68. The average molecular weight is 287 g/mol. The molecular weight excluding hydrogens is 266 g/mol. The lowest BCUT2D eigenvalue weighted by Crippen LogP contribution is -2.52. The van der Waals surface area contributed by atoms with Crippen LogP contribution in [0.4, 0.5) is 4.79 Å². The van der Waals surface area contributed by atoms with Crippen molar-refractivity contribution in [2.75, 3.05) is 19.7 Å². The van der Waals surface area contributed by atoms with E-state index in [1.807, 2.05) is 6.92 Å². The van der Waals surface area contributed by atoms with Gasteiger partial charge in [0.15, 0.2) is 0 Å². The third kappa shape index (κ3) is 5.04. The van der Waals surface area contributed by atoms with Crippen LogP contribution in [-0.2, 0) is 14.3 Å². The first-order chi connectivity index (χ1) is 9.43. The van der Waals surface area contributed by atoms with Gasteiger partial charge in [-0.25, -0.2) is 9.59 Å². The number of rotatable bonds is 6. The summed E-state index contributed by atoms with van der Waals surface area (Å²) >= 11 is 0. The zero-order valence-corrected chi connectivity index (χ0v) is 11.5. The largest absolute Gasteiger partial charge is 0.480 e. The van der Waals surface area contributed by atoms with Gasteiger partial charge < -0.3 is 25.8 Å². The summed E-state index contributed by atoms with van der Waals surface area (Å²) in [6.45, 7) is 3.41. The number of primary amides is 1. The van der Waals surface area contributed by atoms with Gasteiger partial charge in [-0.2, -0.15) is 0 Å². The van der Waals surface area contributed by atoms with Crippen molar-refractivity contribution >= 4 is 17.9 Å². The Bertz CT molecular complexity index is 372. The number of nitrogens with one attached hydrogen (secondary N) is 1. The number of nitrogens with two attached hydrogens (primary N) is 1. The summed E-state index contributed by atoms with van der Waals surface area (Å²) in [5, 5.41) is 11.3. The fourth-order valence-corrected chi connectivity index (χ4v) is 2.14. The normalized spacial score (nSPS) is 20.2. The molecule has 1 fully saturated rings. The van der Waals surface area contributed by atoms with E-state index in [1.165, 1.54) is 4.90 Å². The number of carbonyl (C=O) groups excluding carboxylic acids is 2. The maximum atomic E-state index is 12.0. The summed E-state index contributed by atoms with van der Waals surface area (Å²) in [5.74, 6) is -2.06. The van der Waals surface area contributed by atoms with Gasteiger partial charge in [-0.3, -0.25) is 4.79 Å². The van der Waals surface area contributed by atoms with Gasteiger partial charge in [0.25, 0.3) is 0 Å². The fraction of sp³-hybridized carbons (Fsp3) is 0.750. The molecule has 1 aliphatic rings. The molecule has 1 unspecified atom stereocenters. The number of urea groups is 1. The monoisotopic (exact) mass is 287 g/mol. The molecule has 20 heavy (non-hydrogen) atoms. The van der Waals surface area contributed by atoms with Crippen molar-refractivity contribution < 1.29 is 24.2 Å². The molecule has 0 aliphatic carbocycles. The number of hydrogen-bond donors (Lipinski definition) is 3. The molecule has 0 radical (unpaired) electrons. The fourth-order valence-electron chi connectivity index (χ4n) is 2.14. The van der Waals surface area contributed by atoms with E-state index < -0.39 is 30.4 Å². The van der Waals surface area contributed by atoms with Crippen LogP contribution in [0.2, 0.25) is 0 Å². The van der Waals surface area contributed by atoms with Crippen molar-refractivity contribution in [3.8, 4) is 0 Å². The van der Waals surface area contributed by atoms with Gasteiger partial charge >= 0.3 is 12.0 Å². The van der Waals surface area contributed by atoms with Crippen molar-refractivity contribution in [2.24, 2.45) is 5.73 Å². The number of carboxylic acid groups (broad SMARTS) is 1. The molecule has 3 amide bonds. The standard InChI is InChI=1S/C12H21N3O5/c1-2-20-8-4-3-5-15(7-8)12(19)14-9(11(17)18)6-10(13)16/h8-9H,2-7H2,1H3,(H2,13,16)(H,14,19)(H,17,18)/t8?,9-/m0/s1. The number of piperidine rings is 1. The van der Waals surface area contributed by atoms with Crippen LogP contribution in [-0.4, -0.2) is 59.8 Å². The molecule has 8 heteroatoms. The van der Waals surface area contributed by atoms with Gasteiger partial charge in [0.05, 0.1) is 12.5 Å². The predicted molar refractivity (Wildman–Crippen MR) is 70.0 cm³/mol. The van der Waals surface area contributed by atoms with Gasteiger partial charge in [-0.05, 0) is 19.8 Å². The van der Waals surface area contributed by atoms with Crippen LogP contribution >= 0.6 is 0 Å². The highest BCUT2D eigenvalue weighted by Crippen LogP contribution is 2.13. The predicted octanol–water partition coefficient (Wildman–Crippen LogP) is -0.474. The lowest BCUT2D eigenvalue weighted by molar-refractivity contribution is -0.141. The van der Waals surface area contributed by atoms with Crippen LogP contribution in [0.5, 0.6) is 0 Å². The van der Waals surface area contributed by atoms with E-state index in [0.29, 0.717) is 19.7 Å². The highest BCUT2D eigenvalue weighted by atomic mass is 16.5. The zero-order chi connectivity index (χ0) is 15.1. The second kappa shape index (κ2) is 7.68. The number of aliphatic carboxylic acids is 1. The molecule has 0 saturated carbocycles. The van der Waals surface area contributed by atoms with Crippen molar-refractivity contribution in [1.82, 2.24) is 10.2 Å². The van der Waals surface area contributed by atoms with E-state index in [1.54, 1.807) is 0 Å². The third-order valence-corrected chi connectivity index (χ3v) is 3.07. The Kier molecular flexibility index (Phi) is 6.23. The lowest BCUT2D eigenvalue weighted by atomic mass is 10.1. The molecule has 4 N–H and O–H groups in total. The third-order valence-electron chi connectivity index (χ3n) is 3.07. The number of carboxylic acids is 1. The van der Waals surface area contributed by atoms with E-state index in [9.17, 15) is 14.4 Å². The summed E-state index contributed by atoms with van der Waals surface area (Å²) in [4.78, 5) is 35.2. The molecule has 8 nitrogen and oxygen atoms in total. The Morgan fingerprint density at radius 3 is 2.75 bits per heavy atom. The molecule has 0 aromatic heterocycles. The number of nitrogens with zero attached hydrogens (tertiary/aromatic N) is 1. The van der Waals surface area contributed by atoms with Crippen LogP contribution in [0.3, 0.4) is 0 Å². The van der Waals surface area contributed by atoms with Gasteiger partial charge in [0.2, 0.25) is 5.91 Å². The Labute approximate surface area is 117 Å². The van der Waals surface area contributed by atoms with E-state index in [0.717, 1.165) is 12.8 Å². The van der Waals surface area contributed by atoms with Crippen molar-refractivity contribution in [3.63, 3.8) is 0 Å². The summed E-state index contributed by atoms with van der Waals surface area (Å²) in [7, 11) is 0. The zero-order valence-electron chi connectivity index (χ0n) is 11.5. The smallest absolute Gasteiger partial charge is 0.326 e. The molecule has 0 bridgehead atoms. The maximum Gasteiger partial charge on any atom is 0.326 e. The molecule has 1 saturated heterocycles. The van der Waals surface area contributed by atoms with Crippen molar-refractivity contribution in [3.05, 3.63) is 0 Å². The topological polar surface area (TPSA) is 122 Å². The van der Waals surface area contributed by atoms with E-state index in [-0.39, 0.29) is 6.10 Å². The minimum atomic E-state index is -1.30. The maximum absolute atomic E-state index is 12.0. The van der Waals surface area contributed by atoms with Crippen LogP contribution in [0.15, 0.2) is 0 Å². The lowest BCUT2D eigenvalue weighted by Gasteiger charge is -2.33. The first-order valence-corrected chi connectivity index (χ1v) is 6.62. The van der Waals surface area contributed by atoms with Crippen LogP contribution in [0.1, 0.15) is 26.2 Å². The van der Waals surface area contributed by atoms with Gasteiger partial charge in [0.1, 0.15) is 6.04 Å². The molecule has 0 aromatic carbocycles. The van der Waals surface area contributed by atoms with Crippen molar-refractivity contribution in [2.45, 2.75) is 38.3 Å². The quantitative estimate of drug-likeness (QED) is 0.609. The SMILES string of the molecule is CCOC1CCCN(C(=O)N[C@@H](CC(N)=O)C(=O)O)C1. The highest BCUT2D eigenvalue weighted by Gasteiger charge is 2.28. The Morgan fingerprint density at radius 1 is 1.50 bits per heavy atom. The van der Waals surface area contributed by atoms with Crippen molar-refractivity contribution in [1.29, 1.82) is 0 Å². The summed E-state index contributed by atoms with van der Waals surface area (Å²) in [6.07, 6.45) is 1.22. The first-order valence-electron chi connectivity index (χ1n) is 6.62. The molecule has 1 heterocycles. The molecule has 0 aromatic rings. The molecule has 114 valence electrons. The van der Waals surface area contributed by atoms with E-state index in [4.69, 9.17) is 15.6 Å². The number of likely N-dealkylation sites (tertiary alicyclic amines) is 1. The summed E-state index contributed by atoms with van der Waals surface area (Å²) < 4.78 is 5.47. The number of hydrogen-bond acceptors (Lipinski definition) is 4. The molecule has 1 aliphatic heterocycles. The number of carbonyl (C=O) groups is 3. The number of amides is 3. The van der Waals surface area contributed by atoms with Crippen LogP contribution in [0, 0.1) is 0 Å². The average Bonchev–Trinajstić information content (AvgIpc) is 2.38. The Balaban J connectivity index is 2.55. The Morgan fingerprint density at radius 2 is 2.20 bits per heavy atom.